The van der Waals surface area contributed by atoms with Crippen LogP contribution in [0.1, 0.15) is 12.5 Å². The largest absolute Gasteiger partial charge is 0.492 e. The van der Waals surface area contributed by atoms with Gasteiger partial charge in [0.05, 0.1) is 11.3 Å². The Bertz CT molecular complexity index is 952. The van der Waals surface area contributed by atoms with Gasteiger partial charge < -0.3 is 9.30 Å². The number of amides is 1. The van der Waals surface area contributed by atoms with Crippen LogP contribution in [0.5, 0.6) is 5.75 Å². The second-order valence-electron chi connectivity index (χ2n) is 5.17. The standard InChI is InChI=1S/C19H18N2O2S/c1-3-23-15-10-7-11-16-18(15)21(2)19(24-16)20-17(22)13-12-14-8-5-4-6-9-14/h4-13H,3H2,1-2H3. The average Bonchev–Trinajstić information content (AvgIpc) is 2.91. The lowest BCUT2D eigenvalue weighted by Crippen LogP contribution is -2.12. The van der Waals surface area contributed by atoms with Crippen molar-refractivity contribution in [2.45, 2.75) is 6.92 Å². The molecule has 3 aromatic rings. The Morgan fingerprint density at radius 3 is 2.75 bits per heavy atom. The summed E-state index contributed by atoms with van der Waals surface area (Å²) in [5, 5.41) is 0. The Kier molecular flexibility index (Phi) is 4.91. The first-order valence-corrected chi connectivity index (χ1v) is 8.54. The van der Waals surface area contributed by atoms with Gasteiger partial charge in [0.2, 0.25) is 0 Å². The highest BCUT2D eigenvalue weighted by Crippen LogP contribution is 2.26. The fourth-order valence-corrected chi connectivity index (χ4v) is 3.45. The van der Waals surface area contributed by atoms with Gasteiger partial charge in [-0.05, 0) is 30.7 Å². The molecule has 0 saturated heterocycles. The van der Waals surface area contributed by atoms with Crippen molar-refractivity contribution >= 4 is 33.5 Å². The van der Waals surface area contributed by atoms with Crippen molar-refractivity contribution in [2.75, 3.05) is 6.61 Å². The fraction of sp³-hybridized carbons (Fsp3) is 0.158. The molecule has 0 radical (unpaired) electrons. The van der Waals surface area contributed by atoms with Crippen molar-refractivity contribution in [3.05, 3.63) is 65.0 Å². The van der Waals surface area contributed by atoms with Crippen LogP contribution < -0.4 is 9.54 Å². The molecule has 1 aromatic heterocycles. The van der Waals surface area contributed by atoms with Gasteiger partial charge in [0.1, 0.15) is 11.3 Å². The van der Waals surface area contributed by atoms with E-state index in [1.807, 2.05) is 67.1 Å². The minimum Gasteiger partial charge on any atom is -0.492 e. The zero-order valence-corrected chi connectivity index (χ0v) is 14.4. The summed E-state index contributed by atoms with van der Waals surface area (Å²) in [7, 11) is 1.90. The van der Waals surface area contributed by atoms with Gasteiger partial charge >= 0.3 is 0 Å². The van der Waals surface area contributed by atoms with Crippen molar-refractivity contribution in [3.63, 3.8) is 0 Å². The molecule has 5 heteroatoms. The third-order valence-corrected chi connectivity index (χ3v) is 4.61. The third kappa shape index (κ3) is 3.46. The summed E-state index contributed by atoms with van der Waals surface area (Å²) >= 11 is 1.48. The zero-order chi connectivity index (χ0) is 16.9. The van der Waals surface area contributed by atoms with Gasteiger partial charge in [-0.3, -0.25) is 4.79 Å². The molecule has 0 saturated carbocycles. The van der Waals surface area contributed by atoms with Crippen LogP contribution in [0.15, 0.2) is 59.6 Å². The van der Waals surface area contributed by atoms with Crippen molar-refractivity contribution in [2.24, 2.45) is 12.0 Å². The van der Waals surface area contributed by atoms with Crippen LogP contribution in [0.3, 0.4) is 0 Å². The summed E-state index contributed by atoms with van der Waals surface area (Å²) in [5.74, 6) is 0.529. The Labute approximate surface area is 144 Å². The molecule has 0 atom stereocenters. The molecule has 0 fully saturated rings. The quantitative estimate of drug-likeness (QED) is 0.680. The minimum absolute atomic E-state index is 0.279. The predicted octanol–water partition coefficient (Wildman–Crippen LogP) is 3.78. The predicted molar refractivity (Wildman–Crippen MR) is 98.0 cm³/mol. The Morgan fingerprint density at radius 1 is 1.21 bits per heavy atom. The van der Waals surface area contributed by atoms with Crippen molar-refractivity contribution in [1.82, 2.24) is 4.57 Å². The van der Waals surface area contributed by atoms with Gasteiger partial charge in [-0.2, -0.15) is 4.99 Å². The maximum atomic E-state index is 12.1. The molecule has 1 amide bonds. The molecule has 0 unspecified atom stereocenters. The number of aromatic nitrogens is 1. The van der Waals surface area contributed by atoms with Gasteiger partial charge in [0.25, 0.3) is 5.91 Å². The van der Waals surface area contributed by atoms with Gasteiger partial charge in [0.15, 0.2) is 4.80 Å². The molecule has 122 valence electrons. The first-order valence-electron chi connectivity index (χ1n) is 7.72. The number of thiazole rings is 1. The van der Waals surface area contributed by atoms with Gasteiger partial charge in [0, 0.05) is 13.1 Å². The van der Waals surface area contributed by atoms with Crippen molar-refractivity contribution in [1.29, 1.82) is 0 Å². The van der Waals surface area contributed by atoms with Crippen LogP contribution in [0.25, 0.3) is 16.3 Å². The number of ether oxygens (including phenoxy) is 1. The molecule has 0 aliphatic rings. The summed E-state index contributed by atoms with van der Waals surface area (Å²) in [6, 6.07) is 15.6. The summed E-state index contributed by atoms with van der Waals surface area (Å²) in [6.07, 6.45) is 3.26. The molecule has 4 nitrogen and oxygen atoms in total. The zero-order valence-electron chi connectivity index (χ0n) is 13.6. The topological polar surface area (TPSA) is 43.6 Å². The molecule has 1 heterocycles. The number of aryl methyl sites for hydroxylation is 1. The van der Waals surface area contributed by atoms with Crippen molar-refractivity contribution in [3.8, 4) is 5.75 Å². The summed E-state index contributed by atoms with van der Waals surface area (Å²) in [6.45, 7) is 2.55. The first-order chi connectivity index (χ1) is 11.7. The highest BCUT2D eigenvalue weighted by molar-refractivity contribution is 7.16. The van der Waals surface area contributed by atoms with Gasteiger partial charge in [-0.1, -0.05) is 47.7 Å². The number of fused-ring (bicyclic) bond motifs is 1. The number of hydrogen-bond donors (Lipinski definition) is 0. The SMILES string of the molecule is CCOc1cccc2sc(=NC(=O)C=Cc3ccccc3)n(C)c12. The fourth-order valence-electron chi connectivity index (χ4n) is 2.41. The number of para-hydroxylation sites is 1. The normalized spacial score (nSPS) is 12.2. The van der Waals surface area contributed by atoms with Crippen molar-refractivity contribution < 1.29 is 9.53 Å². The van der Waals surface area contributed by atoms with Crippen LogP contribution in [0.2, 0.25) is 0 Å². The maximum Gasteiger partial charge on any atom is 0.272 e. The highest BCUT2D eigenvalue weighted by atomic mass is 32.1. The van der Waals surface area contributed by atoms with E-state index in [4.69, 9.17) is 4.74 Å². The molecular weight excluding hydrogens is 320 g/mol. The number of nitrogens with zero attached hydrogens (tertiary/aromatic N) is 2. The van der Waals surface area contributed by atoms with E-state index < -0.39 is 0 Å². The second kappa shape index (κ2) is 7.27. The van der Waals surface area contributed by atoms with E-state index in [9.17, 15) is 4.79 Å². The van der Waals surface area contributed by atoms with Crippen LogP contribution in [-0.4, -0.2) is 17.1 Å². The van der Waals surface area contributed by atoms with E-state index >= 15 is 0 Å². The Morgan fingerprint density at radius 2 is 2.00 bits per heavy atom. The number of carbonyl (C=O) groups is 1. The van der Waals surface area contributed by atoms with Crippen LogP contribution >= 0.6 is 11.3 Å². The molecule has 0 aliphatic carbocycles. The van der Waals surface area contributed by atoms with E-state index in [1.54, 1.807) is 6.08 Å². The summed E-state index contributed by atoms with van der Waals surface area (Å²) in [5.41, 5.74) is 1.93. The van der Waals surface area contributed by atoms with E-state index in [0.29, 0.717) is 11.4 Å². The molecule has 0 aliphatic heterocycles. The Hall–Kier alpha value is -2.66. The monoisotopic (exact) mass is 338 g/mol. The second-order valence-corrected chi connectivity index (χ2v) is 6.18. The molecule has 2 aromatic carbocycles. The molecule has 0 N–H and O–H groups in total. The van der Waals surface area contributed by atoms with Crippen LogP contribution in [0.4, 0.5) is 0 Å². The molecular formula is C19H18N2O2S. The minimum atomic E-state index is -0.279. The average molecular weight is 338 g/mol. The lowest BCUT2D eigenvalue weighted by molar-refractivity contribution is -0.113. The van der Waals surface area contributed by atoms with E-state index in [-0.39, 0.29) is 5.91 Å². The number of hydrogen-bond acceptors (Lipinski definition) is 3. The lowest BCUT2D eigenvalue weighted by Gasteiger charge is -2.05. The maximum absolute atomic E-state index is 12.1. The number of benzene rings is 2. The third-order valence-electron chi connectivity index (χ3n) is 3.51. The number of rotatable bonds is 4. The van der Waals surface area contributed by atoms with Gasteiger partial charge in [-0.25, -0.2) is 0 Å². The Balaban J connectivity index is 1.95. The smallest absolute Gasteiger partial charge is 0.272 e. The summed E-state index contributed by atoms with van der Waals surface area (Å²) in [4.78, 5) is 17.0. The molecule has 0 spiro atoms. The van der Waals surface area contributed by atoms with Crippen LogP contribution in [0, 0.1) is 0 Å². The van der Waals surface area contributed by atoms with E-state index in [1.165, 1.54) is 17.4 Å². The lowest BCUT2D eigenvalue weighted by atomic mass is 10.2. The van der Waals surface area contributed by atoms with Gasteiger partial charge in [-0.15, -0.1) is 0 Å². The van der Waals surface area contributed by atoms with Crippen LogP contribution in [-0.2, 0) is 11.8 Å². The number of carbonyl (C=O) groups excluding carboxylic acids is 1. The van der Waals surface area contributed by atoms with E-state index in [2.05, 4.69) is 4.99 Å². The molecule has 0 bridgehead atoms. The summed E-state index contributed by atoms with van der Waals surface area (Å²) < 4.78 is 8.61. The molecule has 3 rings (SSSR count). The highest BCUT2D eigenvalue weighted by Gasteiger charge is 2.09. The molecule has 24 heavy (non-hydrogen) atoms. The first kappa shape index (κ1) is 16.2. The van der Waals surface area contributed by atoms with E-state index in [0.717, 1.165) is 21.5 Å².